The Labute approximate surface area is 343 Å². The normalized spacial score (nSPS) is 26.3. The maximum atomic E-state index is 4.91. The Bertz CT molecular complexity index is 2330. The molecule has 0 fully saturated rings. The summed E-state index contributed by atoms with van der Waals surface area (Å²) < 4.78 is 0. The van der Waals surface area contributed by atoms with Crippen LogP contribution >= 0.6 is 0 Å². The summed E-state index contributed by atoms with van der Waals surface area (Å²) in [6.45, 7) is 4.36. The third kappa shape index (κ3) is 10.9. The van der Waals surface area contributed by atoms with Gasteiger partial charge < -0.3 is 10.6 Å². The van der Waals surface area contributed by atoms with E-state index in [1.165, 1.54) is 11.1 Å². The fraction of sp³-hybridized carbons (Fsp3) is 0.231. The third-order valence-electron chi connectivity index (χ3n) is 10.8. The van der Waals surface area contributed by atoms with Gasteiger partial charge in [-0.25, -0.2) is 0 Å². The minimum Gasteiger partial charge on any atom is -0.376 e. The van der Waals surface area contributed by atoms with Crippen LogP contribution < -0.4 is 10.6 Å². The topological polar surface area (TPSA) is 73.5 Å². The number of hydrogen-bond acceptors (Lipinski definition) is 6. The molecule has 8 rings (SSSR count). The number of rotatable bonds is 11. The number of nitrogens with zero attached hydrogens (tertiary/aromatic N) is 4. The van der Waals surface area contributed by atoms with Gasteiger partial charge in [-0.2, -0.15) is 0 Å². The smallest absolute Gasteiger partial charge is 0.0633 e. The fourth-order valence-corrected chi connectivity index (χ4v) is 7.37. The van der Waals surface area contributed by atoms with Crippen LogP contribution in [0.15, 0.2) is 213 Å². The van der Waals surface area contributed by atoms with Crippen molar-refractivity contribution in [3.63, 3.8) is 0 Å². The molecule has 0 aliphatic heterocycles. The predicted octanol–water partition coefficient (Wildman–Crippen LogP) is 11.3. The summed E-state index contributed by atoms with van der Waals surface area (Å²) in [7, 11) is 0. The zero-order valence-electron chi connectivity index (χ0n) is 33.5. The van der Waals surface area contributed by atoms with Crippen LogP contribution in [0.25, 0.3) is 0 Å². The Morgan fingerprint density at radius 1 is 0.466 bits per heavy atom. The van der Waals surface area contributed by atoms with Crippen molar-refractivity contribution >= 4 is 34.2 Å². The lowest BCUT2D eigenvalue weighted by atomic mass is 9.93. The second-order valence-electron chi connectivity index (χ2n) is 15.4. The third-order valence-corrected chi connectivity index (χ3v) is 10.8. The van der Waals surface area contributed by atoms with E-state index in [2.05, 4.69) is 195 Å². The lowest BCUT2D eigenvalue weighted by Crippen LogP contribution is -2.26. The average molecular weight is 761 g/mol. The highest BCUT2D eigenvalue weighted by molar-refractivity contribution is 6.02. The van der Waals surface area contributed by atoms with Crippen molar-refractivity contribution in [2.75, 3.05) is 0 Å². The fourth-order valence-electron chi connectivity index (χ4n) is 7.37. The molecular formula is C52H52N6. The quantitative estimate of drug-likeness (QED) is 0.224. The molecule has 2 aromatic carbocycles. The molecule has 0 bridgehead atoms. The number of hydrogen-bond donors (Lipinski definition) is 2. The lowest BCUT2D eigenvalue weighted by molar-refractivity contribution is 0.728. The highest BCUT2D eigenvalue weighted by atomic mass is 14.9. The first kappa shape index (κ1) is 38.5. The molecule has 0 aromatic heterocycles. The Kier molecular flexibility index (Phi) is 12.4. The number of nitrogens with one attached hydrogen (secondary N) is 2. The van der Waals surface area contributed by atoms with Gasteiger partial charge in [0, 0.05) is 59.9 Å². The van der Waals surface area contributed by atoms with Crippen molar-refractivity contribution < 1.29 is 0 Å². The summed E-state index contributed by atoms with van der Waals surface area (Å²) in [5, 5.41) is 7.21. The Morgan fingerprint density at radius 2 is 0.897 bits per heavy atom. The van der Waals surface area contributed by atoms with E-state index in [1.54, 1.807) is 0 Å². The summed E-state index contributed by atoms with van der Waals surface area (Å²) in [4.78, 5) is 19.5. The van der Waals surface area contributed by atoms with E-state index < -0.39 is 0 Å². The first-order chi connectivity index (χ1) is 28.5. The number of benzene rings is 2. The zero-order chi connectivity index (χ0) is 39.5. The van der Waals surface area contributed by atoms with E-state index in [9.17, 15) is 0 Å². The molecular weight excluding hydrogens is 709 g/mol. The van der Waals surface area contributed by atoms with Gasteiger partial charge in [-0.1, -0.05) is 111 Å². The van der Waals surface area contributed by atoms with E-state index in [1.807, 2.05) is 0 Å². The van der Waals surface area contributed by atoms with Crippen LogP contribution in [0, 0.1) is 11.8 Å². The Hall–Kier alpha value is -6.40. The maximum Gasteiger partial charge on any atom is 0.0633 e. The molecule has 0 unspecified atom stereocenters. The van der Waals surface area contributed by atoms with E-state index in [-0.39, 0.29) is 12.1 Å². The van der Waals surface area contributed by atoms with Gasteiger partial charge >= 0.3 is 0 Å². The van der Waals surface area contributed by atoms with Crippen LogP contribution in [-0.2, 0) is 12.8 Å². The summed E-state index contributed by atoms with van der Waals surface area (Å²) >= 11 is 0. The van der Waals surface area contributed by atoms with Crippen LogP contribution in [0.2, 0.25) is 0 Å². The van der Waals surface area contributed by atoms with Gasteiger partial charge in [0.05, 0.1) is 34.9 Å². The summed E-state index contributed by atoms with van der Waals surface area (Å²) in [6.07, 6.45) is 48.8. The van der Waals surface area contributed by atoms with Crippen molar-refractivity contribution in [1.82, 2.24) is 10.6 Å². The molecule has 0 heterocycles. The van der Waals surface area contributed by atoms with Crippen molar-refractivity contribution in [2.45, 2.75) is 64.5 Å². The van der Waals surface area contributed by atoms with Gasteiger partial charge in [0.1, 0.15) is 0 Å². The van der Waals surface area contributed by atoms with Gasteiger partial charge in [0.25, 0.3) is 0 Å². The second-order valence-corrected chi connectivity index (χ2v) is 15.4. The van der Waals surface area contributed by atoms with Crippen LogP contribution in [0.3, 0.4) is 0 Å². The summed E-state index contributed by atoms with van der Waals surface area (Å²) in [6, 6.07) is 17.6. The first-order valence-electron chi connectivity index (χ1n) is 20.8. The standard InChI is InChI=1S/C52H52N6/c1-3-38-6-14-42(15-7-38)54-46-22-30-50(31-23-46)58-52-34-26-48(27-35-52)56-44-18-10-40(11-19-44)36-39-8-16-43(17-9-39)55-47-24-32-51(33-25-47)57-49-28-20-45(21-29-49)53-41-12-4-37(2)5-13-41/h4-22,24,26-28,30-34,37,40-41,44,53,56H,3,23,25,29,35-36H2,1-2H3. The molecule has 290 valence electrons. The monoisotopic (exact) mass is 760 g/mol. The molecule has 2 N–H and O–H groups in total. The highest BCUT2D eigenvalue weighted by Crippen LogP contribution is 2.23. The maximum absolute atomic E-state index is 4.91. The highest BCUT2D eigenvalue weighted by Gasteiger charge is 2.14. The van der Waals surface area contributed by atoms with Crippen LogP contribution in [-0.4, -0.2) is 34.9 Å². The van der Waals surface area contributed by atoms with Crippen LogP contribution in [0.1, 0.15) is 50.7 Å². The summed E-state index contributed by atoms with van der Waals surface area (Å²) in [5.74, 6) is 0.879. The largest absolute Gasteiger partial charge is 0.376 e. The molecule has 0 atom stereocenters. The van der Waals surface area contributed by atoms with Crippen LogP contribution in [0.4, 0.5) is 11.4 Å². The molecule has 0 saturated carbocycles. The van der Waals surface area contributed by atoms with Gasteiger partial charge in [-0.15, -0.1) is 0 Å². The molecule has 0 amide bonds. The number of aliphatic imine (C=N–C) groups is 4. The number of allylic oxidation sites excluding steroid dienone is 16. The lowest BCUT2D eigenvalue weighted by Gasteiger charge is -2.21. The number of aryl methyl sites for hydroxylation is 1. The van der Waals surface area contributed by atoms with E-state index >= 15 is 0 Å². The minimum absolute atomic E-state index is 0.171. The van der Waals surface area contributed by atoms with E-state index in [4.69, 9.17) is 20.0 Å². The van der Waals surface area contributed by atoms with Crippen molar-refractivity contribution in [3.05, 3.63) is 204 Å². The molecule has 6 nitrogen and oxygen atoms in total. The summed E-state index contributed by atoms with van der Waals surface area (Å²) in [5.41, 5.74) is 13.1. The van der Waals surface area contributed by atoms with Crippen molar-refractivity contribution in [1.29, 1.82) is 0 Å². The SMILES string of the molecule is CCc1ccc(N=C2C=CC(N=C3C=CC(NC4C=CC(Cc5ccc(N=C6C=CC(N=C7C=CC(NC8C=CC(C)C=C8)=CC7)=CC6)cc5)C=C4)=CC3)=CC2)cc1. The van der Waals surface area contributed by atoms with E-state index in [0.717, 1.165) is 95.5 Å². The first-order valence-corrected chi connectivity index (χ1v) is 20.8. The minimum atomic E-state index is 0.171. The van der Waals surface area contributed by atoms with Crippen LogP contribution in [0.5, 0.6) is 0 Å². The predicted molar refractivity (Wildman–Crippen MR) is 245 cm³/mol. The molecule has 0 saturated heterocycles. The zero-order valence-corrected chi connectivity index (χ0v) is 33.5. The average Bonchev–Trinajstić information content (AvgIpc) is 3.26. The van der Waals surface area contributed by atoms with E-state index in [0.29, 0.717) is 11.8 Å². The van der Waals surface area contributed by atoms with Gasteiger partial charge in [0.15, 0.2) is 0 Å². The Morgan fingerprint density at radius 3 is 1.33 bits per heavy atom. The molecule has 0 radical (unpaired) electrons. The molecule has 2 aromatic rings. The molecule has 6 aliphatic carbocycles. The molecule has 0 spiro atoms. The second kappa shape index (κ2) is 18.7. The van der Waals surface area contributed by atoms with Gasteiger partial charge in [-0.05, 0) is 109 Å². The molecule has 6 aliphatic rings. The molecule has 58 heavy (non-hydrogen) atoms. The Balaban J connectivity index is 0.750. The van der Waals surface area contributed by atoms with Crippen molar-refractivity contribution in [3.8, 4) is 0 Å². The van der Waals surface area contributed by atoms with Crippen molar-refractivity contribution in [2.24, 2.45) is 31.8 Å². The van der Waals surface area contributed by atoms with Gasteiger partial charge in [-0.3, -0.25) is 20.0 Å². The van der Waals surface area contributed by atoms with Gasteiger partial charge in [0.2, 0.25) is 0 Å². The molecule has 6 heteroatoms.